The molecule has 0 unspecified atom stereocenters. The van der Waals surface area contributed by atoms with Gasteiger partial charge in [-0.05, 0) is 36.2 Å². The highest BCUT2D eigenvalue weighted by Gasteiger charge is 2.18. The van der Waals surface area contributed by atoms with Crippen molar-refractivity contribution in [3.05, 3.63) is 92.7 Å². The van der Waals surface area contributed by atoms with Crippen LogP contribution in [0.1, 0.15) is 28.4 Å². The van der Waals surface area contributed by atoms with E-state index in [2.05, 4.69) is 4.98 Å². The van der Waals surface area contributed by atoms with Crippen molar-refractivity contribution in [3.63, 3.8) is 0 Å². The predicted octanol–water partition coefficient (Wildman–Crippen LogP) is 4.46. The Morgan fingerprint density at radius 1 is 1.08 bits per heavy atom. The Kier molecular flexibility index (Phi) is 5.54. The van der Waals surface area contributed by atoms with E-state index in [0.29, 0.717) is 28.3 Å². The second-order valence-corrected chi connectivity index (χ2v) is 6.24. The van der Waals surface area contributed by atoms with Gasteiger partial charge in [-0.1, -0.05) is 54.1 Å². The summed E-state index contributed by atoms with van der Waals surface area (Å²) in [5.41, 5.74) is 2.69. The maximum Gasteiger partial charge on any atom is 0.340 e. The Bertz CT molecular complexity index is 980. The summed E-state index contributed by atoms with van der Waals surface area (Å²) in [6, 6.07) is 18.2. The molecule has 26 heavy (non-hydrogen) atoms. The highest BCUT2D eigenvalue weighted by Crippen LogP contribution is 2.22. The van der Waals surface area contributed by atoms with E-state index in [1.807, 2.05) is 42.5 Å². The molecular weight excluding hydrogens is 350 g/mol. The minimum absolute atomic E-state index is 0.239. The van der Waals surface area contributed by atoms with Crippen molar-refractivity contribution in [3.8, 4) is 11.3 Å². The van der Waals surface area contributed by atoms with Crippen LogP contribution in [0.25, 0.3) is 11.3 Å². The molecule has 132 valence electrons. The number of benzene rings is 2. The summed E-state index contributed by atoms with van der Waals surface area (Å²) in [5.74, 6) is -0.463. The lowest BCUT2D eigenvalue weighted by Gasteiger charge is -2.11. The Morgan fingerprint density at radius 2 is 1.85 bits per heavy atom. The van der Waals surface area contributed by atoms with Crippen LogP contribution in [0.4, 0.5) is 0 Å². The van der Waals surface area contributed by atoms with Gasteiger partial charge in [0, 0.05) is 17.0 Å². The summed E-state index contributed by atoms with van der Waals surface area (Å²) in [4.78, 5) is 27.9. The van der Waals surface area contributed by atoms with Crippen molar-refractivity contribution < 1.29 is 9.53 Å². The SMILES string of the molecule is CCOC(=O)c1cc(Cc2cccc(Cl)c2)c(=O)[nH]c1-c1ccccc1. The van der Waals surface area contributed by atoms with Gasteiger partial charge in [0.15, 0.2) is 0 Å². The monoisotopic (exact) mass is 367 g/mol. The first-order chi connectivity index (χ1) is 12.6. The van der Waals surface area contributed by atoms with Crippen molar-refractivity contribution in [2.24, 2.45) is 0 Å². The molecule has 2 aromatic carbocycles. The number of carbonyl (C=O) groups is 1. The zero-order chi connectivity index (χ0) is 18.5. The number of H-pyrrole nitrogens is 1. The first kappa shape index (κ1) is 18.0. The van der Waals surface area contributed by atoms with Crippen LogP contribution in [0, 0.1) is 0 Å². The largest absolute Gasteiger partial charge is 0.462 e. The molecule has 0 aliphatic carbocycles. The van der Waals surface area contributed by atoms with Crippen LogP contribution in [0.15, 0.2) is 65.5 Å². The summed E-state index contributed by atoms with van der Waals surface area (Å²) >= 11 is 6.02. The molecule has 3 aromatic rings. The number of rotatable bonds is 5. The first-order valence-electron chi connectivity index (χ1n) is 8.31. The Labute approximate surface area is 156 Å². The van der Waals surface area contributed by atoms with Crippen LogP contribution in [0.3, 0.4) is 0 Å². The summed E-state index contributed by atoms with van der Waals surface area (Å²) in [6.07, 6.45) is 0.372. The van der Waals surface area contributed by atoms with Crippen molar-refractivity contribution in [1.82, 2.24) is 4.98 Å². The third kappa shape index (κ3) is 4.03. The summed E-state index contributed by atoms with van der Waals surface area (Å²) in [6.45, 7) is 2.01. The minimum Gasteiger partial charge on any atom is -0.462 e. The standard InChI is InChI=1S/C21H18ClNO3/c1-2-26-21(25)18-13-16(11-14-7-6-10-17(22)12-14)20(24)23-19(18)15-8-4-3-5-9-15/h3-10,12-13H,2,11H2,1H3,(H,23,24). The lowest BCUT2D eigenvalue weighted by molar-refractivity contribution is 0.0526. The van der Waals surface area contributed by atoms with Crippen molar-refractivity contribution >= 4 is 17.6 Å². The topological polar surface area (TPSA) is 59.2 Å². The quantitative estimate of drug-likeness (QED) is 0.677. The normalized spacial score (nSPS) is 10.5. The number of esters is 1. The van der Waals surface area contributed by atoms with Crippen molar-refractivity contribution in [2.45, 2.75) is 13.3 Å². The summed E-state index contributed by atoms with van der Waals surface area (Å²) < 4.78 is 5.17. The van der Waals surface area contributed by atoms with Gasteiger partial charge in [0.25, 0.3) is 5.56 Å². The maximum absolute atomic E-state index is 12.6. The van der Waals surface area contributed by atoms with E-state index in [9.17, 15) is 9.59 Å². The molecule has 0 saturated carbocycles. The number of aromatic nitrogens is 1. The van der Waals surface area contributed by atoms with Crippen molar-refractivity contribution in [1.29, 1.82) is 0 Å². The Hall–Kier alpha value is -2.85. The number of ether oxygens (including phenoxy) is 1. The first-order valence-corrected chi connectivity index (χ1v) is 8.69. The van der Waals surface area contributed by atoms with Crippen molar-refractivity contribution in [2.75, 3.05) is 6.61 Å². The molecule has 0 atom stereocenters. The molecule has 3 rings (SSSR count). The molecule has 0 bridgehead atoms. The average molecular weight is 368 g/mol. The number of aromatic amines is 1. The van der Waals surface area contributed by atoms with Crippen LogP contribution in [-0.2, 0) is 11.2 Å². The van der Waals surface area contributed by atoms with Gasteiger partial charge in [-0.3, -0.25) is 4.79 Å². The molecular formula is C21H18ClNO3. The number of pyridine rings is 1. The Morgan fingerprint density at radius 3 is 2.54 bits per heavy atom. The van der Waals surface area contributed by atoms with E-state index in [1.165, 1.54) is 0 Å². The molecule has 0 amide bonds. The van der Waals surface area contributed by atoms with E-state index in [4.69, 9.17) is 16.3 Å². The van der Waals surface area contributed by atoms with Crippen LogP contribution in [0.5, 0.6) is 0 Å². The van der Waals surface area contributed by atoms with Gasteiger partial charge in [-0.15, -0.1) is 0 Å². The number of hydrogen-bond donors (Lipinski definition) is 1. The highest BCUT2D eigenvalue weighted by atomic mass is 35.5. The fourth-order valence-corrected chi connectivity index (χ4v) is 2.99. The molecule has 4 nitrogen and oxygen atoms in total. The van der Waals surface area contributed by atoms with Crippen LogP contribution in [0.2, 0.25) is 5.02 Å². The fourth-order valence-electron chi connectivity index (χ4n) is 2.77. The molecule has 0 aliphatic heterocycles. The molecule has 0 aliphatic rings. The molecule has 1 aromatic heterocycles. The number of halogens is 1. The third-order valence-corrected chi connectivity index (χ3v) is 4.19. The van der Waals surface area contributed by atoms with Gasteiger partial charge < -0.3 is 9.72 Å². The van der Waals surface area contributed by atoms with Gasteiger partial charge in [-0.25, -0.2) is 4.79 Å². The van der Waals surface area contributed by atoms with E-state index >= 15 is 0 Å². The lowest BCUT2D eigenvalue weighted by Crippen LogP contribution is -2.18. The fraction of sp³-hybridized carbons (Fsp3) is 0.143. The van der Waals surface area contributed by atoms with Crippen LogP contribution in [-0.4, -0.2) is 17.6 Å². The van der Waals surface area contributed by atoms with Gasteiger partial charge in [0.2, 0.25) is 0 Å². The zero-order valence-corrected chi connectivity index (χ0v) is 15.0. The van der Waals surface area contributed by atoms with Gasteiger partial charge in [-0.2, -0.15) is 0 Å². The molecule has 0 radical (unpaired) electrons. The van der Waals surface area contributed by atoms with E-state index in [0.717, 1.165) is 11.1 Å². The van der Waals surface area contributed by atoms with Gasteiger partial charge >= 0.3 is 5.97 Å². The maximum atomic E-state index is 12.6. The lowest BCUT2D eigenvalue weighted by atomic mass is 10.0. The van der Waals surface area contributed by atoms with E-state index < -0.39 is 5.97 Å². The second-order valence-electron chi connectivity index (χ2n) is 5.81. The molecule has 1 heterocycles. The number of nitrogens with one attached hydrogen (secondary N) is 1. The molecule has 0 fully saturated rings. The molecule has 0 spiro atoms. The molecule has 5 heteroatoms. The smallest absolute Gasteiger partial charge is 0.340 e. The van der Waals surface area contributed by atoms with Gasteiger partial charge in [0.1, 0.15) is 0 Å². The highest BCUT2D eigenvalue weighted by molar-refractivity contribution is 6.30. The summed E-state index contributed by atoms with van der Waals surface area (Å²) in [5, 5.41) is 0.602. The number of hydrogen-bond acceptors (Lipinski definition) is 3. The van der Waals surface area contributed by atoms with Gasteiger partial charge in [0.05, 0.1) is 17.9 Å². The van der Waals surface area contributed by atoms with E-state index in [-0.39, 0.29) is 12.2 Å². The zero-order valence-electron chi connectivity index (χ0n) is 14.3. The van der Waals surface area contributed by atoms with Crippen LogP contribution >= 0.6 is 11.6 Å². The average Bonchev–Trinajstić information content (AvgIpc) is 2.64. The second kappa shape index (κ2) is 8.02. The third-order valence-electron chi connectivity index (χ3n) is 3.96. The summed E-state index contributed by atoms with van der Waals surface area (Å²) in [7, 11) is 0. The van der Waals surface area contributed by atoms with Crippen LogP contribution < -0.4 is 5.56 Å². The molecule has 1 N–H and O–H groups in total. The predicted molar refractivity (Wildman–Crippen MR) is 103 cm³/mol. The molecule has 0 saturated heterocycles. The van der Waals surface area contributed by atoms with E-state index in [1.54, 1.807) is 25.1 Å². The minimum atomic E-state index is -0.463. The number of carbonyl (C=O) groups excluding carboxylic acids is 1. The Balaban J connectivity index is 2.09.